The summed E-state index contributed by atoms with van der Waals surface area (Å²) in [6, 6.07) is 0. The molecule has 0 aromatic heterocycles. The number of esters is 1. The third-order valence-electron chi connectivity index (χ3n) is 6.52. The first kappa shape index (κ1) is 20.4. The fourth-order valence-electron chi connectivity index (χ4n) is 5.46. The zero-order chi connectivity index (χ0) is 18.4. The van der Waals surface area contributed by atoms with E-state index in [4.69, 9.17) is 4.74 Å². The fourth-order valence-corrected chi connectivity index (χ4v) is 5.46. The van der Waals surface area contributed by atoms with Crippen molar-refractivity contribution in [1.82, 2.24) is 0 Å². The molecule has 6 atom stereocenters. The van der Waals surface area contributed by atoms with Crippen LogP contribution in [0, 0.1) is 35.5 Å². The van der Waals surface area contributed by atoms with E-state index in [2.05, 4.69) is 13.8 Å². The molecule has 1 N–H and O–H groups in total. The Labute approximate surface area is 152 Å². The lowest BCUT2D eigenvalue weighted by molar-refractivity contribution is -0.143. The molecular formula is C21H36O4. The van der Waals surface area contributed by atoms with Crippen LogP contribution in [0.25, 0.3) is 0 Å². The summed E-state index contributed by atoms with van der Waals surface area (Å²) in [5.74, 6) is 1.27. The Bertz CT molecular complexity index is 447. The Kier molecular flexibility index (Phi) is 7.92. The number of unbranched alkanes of at least 4 members (excludes halogenated alkanes) is 3. The lowest BCUT2D eigenvalue weighted by Crippen LogP contribution is -2.25. The number of aliphatic hydroxyl groups is 1. The summed E-state index contributed by atoms with van der Waals surface area (Å²) in [6.07, 6.45) is 8.66. The highest BCUT2D eigenvalue weighted by molar-refractivity contribution is 5.87. The minimum Gasteiger partial charge on any atom is -0.466 e. The van der Waals surface area contributed by atoms with Gasteiger partial charge >= 0.3 is 5.97 Å². The molecule has 0 aromatic rings. The average Bonchev–Trinajstić information content (AvgIpc) is 3.08. The van der Waals surface area contributed by atoms with E-state index in [1.165, 1.54) is 19.8 Å². The van der Waals surface area contributed by atoms with Gasteiger partial charge in [0.1, 0.15) is 5.78 Å². The first-order chi connectivity index (χ1) is 12.0. The van der Waals surface area contributed by atoms with Crippen LogP contribution in [-0.2, 0) is 14.3 Å². The van der Waals surface area contributed by atoms with Gasteiger partial charge in [-0.3, -0.25) is 9.59 Å². The second kappa shape index (κ2) is 9.70. The third-order valence-corrected chi connectivity index (χ3v) is 6.52. The summed E-state index contributed by atoms with van der Waals surface area (Å²) >= 11 is 0. The van der Waals surface area contributed by atoms with Crippen molar-refractivity contribution in [3.63, 3.8) is 0 Å². The van der Waals surface area contributed by atoms with Gasteiger partial charge in [0.05, 0.1) is 6.61 Å². The van der Waals surface area contributed by atoms with E-state index in [9.17, 15) is 14.7 Å². The monoisotopic (exact) mass is 352 g/mol. The molecule has 0 bridgehead atoms. The molecule has 2 aliphatic rings. The van der Waals surface area contributed by atoms with Crippen LogP contribution in [0.5, 0.6) is 0 Å². The van der Waals surface area contributed by atoms with Crippen LogP contribution >= 0.6 is 0 Å². The minimum absolute atomic E-state index is 0.0148. The zero-order valence-corrected chi connectivity index (χ0v) is 16.2. The number of hydrogen-bond acceptors (Lipinski definition) is 4. The van der Waals surface area contributed by atoms with E-state index in [0.717, 1.165) is 38.5 Å². The summed E-state index contributed by atoms with van der Waals surface area (Å²) in [5, 5.41) is 9.83. The van der Waals surface area contributed by atoms with E-state index in [0.29, 0.717) is 24.2 Å². The molecule has 0 spiro atoms. The fraction of sp³-hybridized carbons (Fsp3) is 0.905. The lowest BCUT2D eigenvalue weighted by Gasteiger charge is -2.28. The van der Waals surface area contributed by atoms with Crippen LogP contribution in [0.4, 0.5) is 0 Å². The SMILES string of the molecule is CCCCC[C@@H]1C(=O)[C@@H]2[C@@H](CO)C[C@@H](COC(C)=O)[C@@H]2[C@H]1CCCC. The Morgan fingerprint density at radius 2 is 1.84 bits per heavy atom. The van der Waals surface area contributed by atoms with Crippen molar-refractivity contribution in [3.8, 4) is 0 Å². The molecule has 0 saturated heterocycles. The first-order valence-electron chi connectivity index (χ1n) is 10.3. The largest absolute Gasteiger partial charge is 0.466 e. The molecule has 2 saturated carbocycles. The number of rotatable bonds is 10. The Morgan fingerprint density at radius 3 is 2.44 bits per heavy atom. The van der Waals surface area contributed by atoms with Crippen LogP contribution in [0.3, 0.4) is 0 Å². The van der Waals surface area contributed by atoms with Gasteiger partial charge in [-0.15, -0.1) is 0 Å². The minimum atomic E-state index is -0.252. The smallest absolute Gasteiger partial charge is 0.302 e. The Hall–Kier alpha value is -0.900. The van der Waals surface area contributed by atoms with Crippen molar-refractivity contribution in [1.29, 1.82) is 0 Å². The number of carbonyl (C=O) groups excluding carboxylic acids is 2. The predicted molar refractivity (Wildman–Crippen MR) is 97.9 cm³/mol. The van der Waals surface area contributed by atoms with Crippen LogP contribution in [-0.4, -0.2) is 30.1 Å². The first-order valence-corrected chi connectivity index (χ1v) is 10.3. The number of hydrogen-bond donors (Lipinski definition) is 1. The number of carbonyl (C=O) groups is 2. The van der Waals surface area contributed by atoms with E-state index >= 15 is 0 Å². The lowest BCUT2D eigenvalue weighted by atomic mass is 9.77. The van der Waals surface area contributed by atoms with Gasteiger partial charge in [-0.1, -0.05) is 46.0 Å². The summed E-state index contributed by atoms with van der Waals surface area (Å²) in [5.41, 5.74) is 0. The van der Waals surface area contributed by atoms with Gasteiger partial charge in [-0.2, -0.15) is 0 Å². The van der Waals surface area contributed by atoms with E-state index < -0.39 is 0 Å². The second-order valence-electron chi connectivity index (χ2n) is 8.15. The Morgan fingerprint density at radius 1 is 1.12 bits per heavy atom. The van der Waals surface area contributed by atoms with Crippen molar-refractivity contribution in [2.24, 2.45) is 35.5 Å². The van der Waals surface area contributed by atoms with Gasteiger partial charge in [0.25, 0.3) is 0 Å². The summed E-state index contributed by atoms with van der Waals surface area (Å²) < 4.78 is 5.32. The topological polar surface area (TPSA) is 63.6 Å². The summed E-state index contributed by atoms with van der Waals surface area (Å²) in [7, 11) is 0. The van der Waals surface area contributed by atoms with Gasteiger partial charge in [0, 0.05) is 25.4 Å². The average molecular weight is 353 g/mol. The van der Waals surface area contributed by atoms with Gasteiger partial charge in [-0.25, -0.2) is 0 Å². The quantitative estimate of drug-likeness (QED) is 0.477. The molecule has 0 amide bonds. The standard InChI is InChI=1S/C21H36O4/c1-4-6-8-10-18-17(9-7-5-2)19-16(13-25-14(3)23)11-15(12-22)20(19)21(18)24/h15-20,22H,4-13H2,1-3H3/t15-,16+,17+,18+,19-,20-/m1/s1. The second-order valence-corrected chi connectivity index (χ2v) is 8.15. The predicted octanol–water partition coefficient (Wildman–Crippen LogP) is 4.00. The number of ether oxygens (including phenoxy) is 1. The van der Waals surface area contributed by atoms with E-state index in [1.807, 2.05) is 0 Å². The van der Waals surface area contributed by atoms with Crippen molar-refractivity contribution in [3.05, 3.63) is 0 Å². The highest BCUT2D eigenvalue weighted by Crippen LogP contribution is 2.56. The van der Waals surface area contributed by atoms with E-state index in [-0.39, 0.29) is 36.2 Å². The van der Waals surface area contributed by atoms with Crippen LogP contribution < -0.4 is 0 Å². The highest BCUT2D eigenvalue weighted by atomic mass is 16.5. The number of aliphatic hydroxyl groups excluding tert-OH is 1. The van der Waals surface area contributed by atoms with Crippen LogP contribution in [0.2, 0.25) is 0 Å². The van der Waals surface area contributed by atoms with Gasteiger partial charge < -0.3 is 9.84 Å². The molecule has 4 nitrogen and oxygen atoms in total. The molecule has 0 radical (unpaired) electrons. The molecule has 4 heteroatoms. The maximum absolute atomic E-state index is 13.2. The normalized spacial score (nSPS) is 34.3. The van der Waals surface area contributed by atoms with Crippen molar-refractivity contribution in [2.75, 3.05) is 13.2 Å². The van der Waals surface area contributed by atoms with Crippen molar-refractivity contribution in [2.45, 2.75) is 72.1 Å². The summed E-state index contributed by atoms with van der Waals surface area (Å²) in [6.45, 7) is 6.31. The van der Waals surface area contributed by atoms with Gasteiger partial charge in [0.15, 0.2) is 0 Å². The van der Waals surface area contributed by atoms with Crippen LogP contribution in [0.15, 0.2) is 0 Å². The molecule has 0 unspecified atom stereocenters. The molecular weight excluding hydrogens is 316 g/mol. The summed E-state index contributed by atoms with van der Waals surface area (Å²) in [4.78, 5) is 24.5. The zero-order valence-electron chi connectivity index (χ0n) is 16.2. The number of fused-ring (bicyclic) bond motifs is 1. The number of Topliss-reactive ketones (excluding diaryl/α,β-unsaturated/α-hetero) is 1. The highest BCUT2D eigenvalue weighted by Gasteiger charge is 2.58. The van der Waals surface area contributed by atoms with Crippen molar-refractivity contribution < 1.29 is 19.4 Å². The third kappa shape index (κ3) is 4.64. The van der Waals surface area contributed by atoms with Crippen molar-refractivity contribution >= 4 is 11.8 Å². The molecule has 0 aromatic carbocycles. The maximum atomic E-state index is 13.2. The molecule has 2 rings (SSSR count). The molecule has 0 heterocycles. The Balaban J connectivity index is 2.18. The molecule has 2 aliphatic carbocycles. The van der Waals surface area contributed by atoms with Crippen LogP contribution in [0.1, 0.15) is 72.1 Å². The molecule has 0 aliphatic heterocycles. The van der Waals surface area contributed by atoms with Gasteiger partial charge in [0.2, 0.25) is 0 Å². The molecule has 2 fully saturated rings. The maximum Gasteiger partial charge on any atom is 0.302 e. The van der Waals surface area contributed by atoms with E-state index in [1.54, 1.807) is 0 Å². The molecule has 144 valence electrons. The van der Waals surface area contributed by atoms with Gasteiger partial charge in [-0.05, 0) is 42.9 Å². The number of ketones is 1. The molecule has 25 heavy (non-hydrogen) atoms.